The normalized spacial score (nSPS) is 17.6. The number of carbonyl (C=O) groups is 2. The van der Waals surface area contributed by atoms with Crippen LogP contribution >= 0.6 is 0 Å². The first-order chi connectivity index (χ1) is 15.4. The molecule has 0 aliphatic carbocycles. The molecule has 1 heterocycles. The molecule has 1 N–H and O–H groups in total. The van der Waals surface area contributed by atoms with Gasteiger partial charge in [0.2, 0.25) is 0 Å². The molecule has 5 heteroatoms. The summed E-state index contributed by atoms with van der Waals surface area (Å²) < 4.78 is 5.54. The largest absolute Gasteiger partial charge is 0.507 e. The van der Waals surface area contributed by atoms with Gasteiger partial charge >= 0.3 is 0 Å². The minimum absolute atomic E-state index is 0.0681. The van der Waals surface area contributed by atoms with Crippen LogP contribution in [0.25, 0.3) is 5.76 Å². The summed E-state index contributed by atoms with van der Waals surface area (Å²) >= 11 is 0. The zero-order valence-electron chi connectivity index (χ0n) is 18.3. The Labute approximate surface area is 187 Å². The van der Waals surface area contributed by atoms with Gasteiger partial charge in [-0.3, -0.25) is 14.5 Å². The maximum absolute atomic E-state index is 13.2. The quantitative estimate of drug-likeness (QED) is 0.340. The highest BCUT2D eigenvalue weighted by atomic mass is 16.5. The number of ether oxygens (including phenoxy) is 1. The Hall–Kier alpha value is -3.86. The van der Waals surface area contributed by atoms with Crippen LogP contribution < -0.4 is 9.64 Å². The van der Waals surface area contributed by atoms with Crippen LogP contribution in [-0.2, 0) is 9.59 Å². The summed E-state index contributed by atoms with van der Waals surface area (Å²) in [6, 6.07) is 21.2. The molecule has 0 radical (unpaired) electrons. The number of anilines is 1. The fraction of sp³-hybridized carbons (Fsp3) is 0.185. The number of amides is 1. The lowest BCUT2D eigenvalue weighted by molar-refractivity contribution is -0.132. The highest BCUT2D eigenvalue weighted by Gasteiger charge is 2.47. The number of aryl methyl sites for hydroxylation is 2. The van der Waals surface area contributed by atoms with Crippen molar-refractivity contribution in [2.75, 3.05) is 11.5 Å². The van der Waals surface area contributed by atoms with Gasteiger partial charge in [-0.15, -0.1) is 0 Å². The van der Waals surface area contributed by atoms with Crippen molar-refractivity contribution in [3.05, 3.63) is 101 Å². The first-order valence-corrected chi connectivity index (χ1v) is 10.6. The lowest BCUT2D eigenvalue weighted by Crippen LogP contribution is -2.29. The zero-order chi connectivity index (χ0) is 22.8. The average Bonchev–Trinajstić information content (AvgIpc) is 3.05. The molecule has 0 saturated carbocycles. The van der Waals surface area contributed by atoms with Crippen LogP contribution in [0.3, 0.4) is 0 Å². The van der Waals surface area contributed by atoms with Crippen LogP contribution in [0.15, 0.2) is 78.4 Å². The van der Waals surface area contributed by atoms with Crippen LogP contribution in [0.4, 0.5) is 5.69 Å². The van der Waals surface area contributed by atoms with Crippen molar-refractivity contribution in [3.8, 4) is 5.75 Å². The topological polar surface area (TPSA) is 66.8 Å². The van der Waals surface area contributed by atoms with Gasteiger partial charge in [0.05, 0.1) is 18.2 Å². The van der Waals surface area contributed by atoms with E-state index in [1.807, 2.05) is 69.3 Å². The number of nitrogens with zero attached hydrogens (tertiary/aromatic N) is 1. The molecule has 3 aromatic carbocycles. The molecule has 0 bridgehead atoms. The first kappa shape index (κ1) is 21.4. The molecule has 32 heavy (non-hydrogen) atoms. The van der Waals surface area contributed by atoms with E-state index in [-0.39, 0.29) is 11.3 Å². The number of Topliss-reactive ketones (excluding diaryl/α,β-unsaturated/α-hetero) is 1. The minimum atomic E-state index is -0.741. The summed E-state index contributed by atoms with van der Waals surface area (Å²) in [5.41, 5.74) is 3.86. The standard InChI is InChI=1S/C27H25NO4/c1-4-32-21-10-7-9-19(16-21)25(29)23-24(22-11-6-5-8-18(22)3)28(27(31)26(23)30)20-14-12-17(2)13-15-20/h5-16,24,29H,4H2,1-3H3/b25-23+. The van der Waals surface area contributed by atoms with Crippen molar-refractivity contribution in [3.63, 3.8) is 0 Å². The van der Waals surface area contributed by atoms with Gasteiger partial charge in [0.15, 0.2) is 0 Å². The Morgan fingerprint density at radius 2 is 1.69 bits per heavy atom. The Kier molecular flexibility index (Phi) is 5.82. The van der Waals surface area contributed by atoms with Gasteiger partial charge in [-0.05, 0) is 56.2 Å². The predicted molar refractivity (Wildman–Crippen MR) is 125 cm³/mol. The number of hydrogen-bond acceptors (Lipinski definition) is 4. The van der Waals surface area contributed by atoms with E-state index >= 15 is 0 Å². The van der Waals surface area contributed by atoms with E-state index in [1.54, 1.807) is 24.3 Å². The molecule has 1 atom stereocenters. The maximum atomic E-state index is 13.2. The number of aliphatic hydroxyl groups excluding tert-OH is 1. The Morgan fingerprint density at radius 3 is 2.38 bits per heavy atom. The number of ketones is 1. The molecular weight excluding hydrogens is 402 g/mol. The molecular formula is C27H25NO4. The van der Waals surface area contributed by atoms with E-state index in [9.17, 15) is 14.7 Å². The van der Waals surface area contributed by atoms with E-state index < -0.39 is 17.7 Å². The van der Waals surface area contributed by atoms with Crippen molar-refractivity contribution < 1.29 is 19.4 Å². The van der Waals surface area contributed by atoms with Crippen molar-refractivity contribution in [1.82, 2.24) is 0 Å². The van der Waals surface area contributed by atoms with Gasteiger partial charge in [-0.1, -0.05) is 54.1 Å². The van der Waals surface area contributed by atoms with Crippen molar-refractivity contribution in [2.24, 2.45) is 0 Å². The molecule has 0 spiro atoms. The third kappa shape index (κ3) is 3.78. The van der Waals surface area contributed by atoms with Gasteiger partial charge in [0.1, 0.15) is 11.5 Å². The summed E-state index contributed by atoms with van der Waals surface area (Å²) in [7, 11) is 0. The number of rotatable bonds is 5. The second-order valence-corrected chi connectivity index (χ2v) is 7.82. The van der Waals surface area contributed by atoms with Gasteiger partial charge in [-0.2, -0.15) is 0 Å². The highest BCUT2D eigenvalue weighted by molar-refractivity contribution is 6.51. The zero-order valence-corrected chi connectivity index (χ0v) is 18.3. The Balaban J connectivity index is 1.94. The molecule has 4 rings (SSSR count). The van der Waals surface area contributed by atoms with Gasteiger partial charge in [0.25, 0.3) is 11.7 Å². The Morgan fingerprint density at radius 1 is 0.969 bits per heavy atom. The molecule has 1 saturated heterocycles. The lowest BCUT2D eigenvalue weighted by atomic mass is 9.92. The van der Waals surface area contributed by atoms with Crippen LogP contribution in [-0.4, -0.2) is 23.4 Å². The molecule has 1 aliphatic rings. The van der Waals surface area contributed by atoms with Crippen LogP contribution in [0.2, 0.25) is 0 Å². The van der Waals surface area contributed by atoms with Gasteiger partial charge in [0, 0.05) is 11.3 Å². The second kappa shape index (κ2) is 8.71. The molecule has 1 unspecified atom stereocenters. The van der Waals surface area contributed by atoms with Gasteiger partial charge < -0.3 is 9.84 Å². The summed E-state index contributed by atoms with van der Waals surface area (Å²) in [5.74, 6) is -1.01. The smallest absolute Gasteiger partial charge is 0.300 e. The predicted octanol–water partition coefficient (Wildman–Crippen LogP) is 5.33. The van der Waals surface area contributed by atoms with E-state index in [0.29, 0.717) is 23.6 Å². The third-order valence-corrected chi connectivity index (χ3v) is 5.66. The van der Waals surface area contributed by atoms with Crippen molar-refractivity contribution >= 4 is 23.1 Å². The lowest BCUT2D eigenvalue weighted by Gasteiger charge is -2.26. The molecule has 1 amide bonds. The molecule has 1 fully saturated rings. The molecule has 1 aliphatic heterocycles. The van der Waals surface area contributed by atoms with Crippen molar-refractivity contribution in [2.45, 2.75) is 26.8 Å². The van der Waals surface area contributed by atoms with E-state index in [2.05, 4.69) is 0 Å². The van der Waals surface area contributed by atoms with Crippen LogP contribution in [0.5, 0.6) is 5.75 Å². The molecule has 162 valence electrons. The number of carbonyl (C=O) groups excluding carboxylic acids is 2. The maximum Gasteiger partial charge on any atom is 0.300 e. The summed E-state index contributed by atoms with van der Waals surface area (Å²) in [4.78, 5) is 27.9. The average molecular weight is 428 g/mol. The van der Waals surface area contributed by atoms with Gasteiger partial charge in [-0.25, -0.2) is 0 Å². The van der Waals surface area contributed by atoms with E-state index in [1.165, 1.54) is 4.90 Å². The van der Waals surface area contributed by atoms with E-state index in [4.69, 9.17) is 4.74 Å². The van der Waals surface area contributed by atoms with Crippen LogP contribution in [0, 0.1) is 13.8 Å². The number of aliphatic hydroxyl groups is 1. The molecule has 0 aromatic heterocycles. The fourth-order valence-corrected chi connectivity index (χ4v) is 4.05. The number of benzene rings is 3. The SMILES string of the molecule is CCOc1cccc(/C(O)=C2\C(=O)C(=O)N(c3ccc(C)cc3)C2c2ccccc2C)c1. The monoisotopic (exact) mass is 427 g/mol. The molecule has 3 aromatic rings. The van der Waals surface area contributed by atoms with E-state index in [0.717, 1.165) is 16.7 Å². The third-order valence-electron chi connectivity index (χ3n) is 5.66. The van der Waals surface area contributed by atoms with Crippen LogP contribution in [0.1, 0.15) is 35.2 Å². The second-order valence-electron chi connectivity index (χ2n) is 7.82. The Bertz CT molecular complexity index is 1210. The fourth-order valence-electron chi connectivity index (χ4n) is 4.05. The van der Waals surface area contributed by atoms with Crippen molar-refractivity contribution in [1.29, 1.82) is 0 Å². The summed E-state index contributed by atoms with van der Waals surface area (Å²) in [5, 5.41) is 11.3. The molecule has 5 nitrogen and oxygen atoms in total. The minimum Gasteiger partial charge on any atom is -0.507 e. The highest BCUT2D eigenvalue weighted by Crippen LogP contribution is 2.43. The number of hydrogen-bond donors (Lipinski definition) is 1. The summed E-state index contributed by atoms with van der Waals surface area (Å²) in [6.07, 6.45) is 0. The first-order valence-electron chi connectivity index (χ1n) is 10.6. The summed E-state index contributed by atoms with van der Waals surface area (Å²) in [6.45, 7) is 6.24.